The highest BCUT2D eigenvalue weighted by molar-refractivity contribution is 9.10. The average Bonchev–Trinajstić information content (AvgIpc) is 2.93. The number of hydrogen-bond acceptors (Lipinski definition) is 1. The van der Waals surface area contributed by atoms with Gasteiger partial charge in [-0.15, -0.1) is 0 Å². The second kappa shape index (κ2) is 6.01. The zero-order valence-corrected chi connectivity index (χ0v) is 14.7. The standard InChI is InChI=1S/C19H25BrN2/c20-13-9-10-17-16(11-13)14-7-4-8-15(19(14)22-17)18(21)12-5-2-1-3-6-12/h9-12,15,18,22H,1-8,21H2. The van der Waals surface area contributed by atoms with Crippen molar-refractivity contribution in [3.8, 4) is 0 Å². The number of hydrogen-bond donors (Lipinski definition) is 2. The van der Waals surface area contributed by atoms with E-state index in [4.69, 9.17) is 5.73 Å². The number of benzene rings is 1. The molecule has 1 heterocycles. The summed E-state index contributed by atoms with van der Waals surface area (Å²) in [6.45, 7) is 0. The molecule has 2 aliphatic rings. The van der Waals surface area contributed by atoms with Crippen LogP contribution < -0.4 is 5.73 Å². The third-order valence-electron chi connectivity index (χ3n) is 5.87. The third kappa shape index (κ3) is 2.52. The maximum atomic E-state index is 6.76. The molecule has 2 aromatic rings. The molecule has 2 aliphatic carbocycles. The van der Waals surface area contributed by atoms with E-state index in [-0.39, 0.29) is 0 Å². The number of halogens is 1. The van der Waals surface area contributed by atoms with Gasteiger partial charge < -0.3 is 10.7 Å². The zero-order chi connectivity index (χ0) is 15.1. The Hall–Kier alpha value is -0.800. The van der Waals surface area contributed by atoms with Crippen LogP contribution in [-0.4, -0.2) is 11.0 Å². The minimum atomic E-state index is 0.329. The van der Waals surface area contributed by atoms with Gasteiger partial charge in [0.2, 0.25) is 0 Å². The van der Waals surface area contributed by atoms with E-state index in [1.807, 2.05) is 0 Å². The molecule has 1 saturated carbocycles. The first-order valence-corrected chi connectivity index (χ1v) is 9.59. The number of aryl methyl sites for hydroxylation is 1. The molecule has 118 valence electrons. The monoisotopic (exact) mass is 360 g/mol. The number of fused-ring (bicyclic) bond motifs is 3. The molecule has 1 fully saturated rings. The summed E-state index contributed by atoms with van der Waals surface area (Å²) in [5, 5.41) is 1.39. The molecule has 0 saturated heterocycles. The Bertz CT molecular complexity index is 669. The first kappa shape index (κ1) is 14.8. The lowest BCUT2D eigenvalue weighted by molar-refractivity contribution is 0.264. The first-order chi connectivity index (χ1) is 10.7. The van der Waals surface area contributed by atoms with E-state index in [1.54, 1.807) is 0 Å². The Balaban J connectivity index is 1.70. The Labute approximate surface area is 141 Å². The van der Waals surface area contributed by atoms with Crippen molar-refractivity contribution in [2.24, 2.45) is 11.7 Å². The molecule has 1 aromatic carbocycles. The number of rotatable bonds is 2. The molecule has 0 radical (unpaired) electrons. The molecule has 2 atom stereocenters. The van der Waals surface area contributed by atoms with Gasteiger partial charge in [-0.3, -0.25) is 0 Å². The second-order valence-corrected chi connectivity index (χ2v) is 8.10. The fourth-order valence-electron chi connectivity index (χ4n) is 4.70. The number of aromatic nitrogens is 1. The summed E-state index contributed by atoms with van der Waals surface area (Å²) in [4.78, 5) is 3.71. The summed E-state index contributed by atoms with van der Waals surface area (Å²) < 4.78 is 1.17. The van der Waals surface area contributed by atoms with E-state index in [2.05, 4.69) is 39.1 Å². The van der Waals surface area contributed by atoms with Crippen LogP contribution in [0.5, 0.6) is 0 Å². The molecule has 3 N–H and O–H groups in total. The van der Waals surface area contributed by atoms with Gasteiger partial charge in [-0.25, -0.2) is 0 Å². The summed E-state index contributed by atoms with van der Waals surface area (Å²) in [5.41, 5.74) is 11.0. The van der Waals surface area contributed by atoms with Crippen LogP contribution in [0.25, 0.3) is 10.9 Å². The van der Waals surface area contributed by atoms with E-state index < -0.39 is 0 Å². The smallest absolute Gasteiger partial charge is 0.0459 e. The van der Waals surface area contributed by atoms with Crippen LogP contribution in [0.15, 0.2) is 22.7 Å². The lowest BCUT2D eigenvalue weighted by atomic mass is 9.74. The topological polar surface area (TPSA) is 41.8 Å². The van der Waals surface area contributed by atoms with E-state index in [0.29, 0.717) is 12.0 Å². The Morgan fingerprint density at radius 2 is 1.91 bits per heavy atom. The Morgan fingerprint density at radius 3 is 2.73 bits per heavy atom. The quantitative estimate of drug-likeness (QED) is 0.753. The van der Waals surface area contributed by atoms with Gasteiger partial charge >= 0.3 is 0 Å². The molecular weight excluding hydrogens is 336 g/mol. The first-order valence-electron chi connectivity index (χ1n) is 8.79. The Morgan fingerprint density at radius 1 is 1.09 bits per heavy atom. The minimum Gasteiger partial charge on any atom is -0.358 e. The lowest BCUT2D eigenvalue weighted by Crippen LogP contribution is -2.38. The highest BCUT2D eigenvalue weighted by Gasteiger charge is 2.33. The van der Waals surface area contributed by atoms with Gasteiger partial charge in [-0.2, -0.15) is 0 Å². The summed E-state index contributed by atoms with van der Waals surface area (Å²) in [7, 11) is 0. The molecule has 22 heavy (non-hydrogen) atoms. The average molecular weight is 361 g/mol. The molecular formula is C19H25BrN2. The van der Waals surface area contributed by atoms with Crippen LogP contribution in [0.4, 0.5) is 0 Å². The molecule has 0 aliphatic heterocycles. The normalized spacial score (nSPS) is 24.4. The minimum absolute atomic E-state index is 0.329. The molecule has 2 nitrogen and oxygen atoms in total. The van der Waals surface area contributed by atoms with E-state index in [9.17, 15) is 0 Å². The molecule has 3 heteroatoms. The van der Waals surface area contributed by atoms with E-state index in [1.165, 1.54) is 78.0 Å². The van der Waals surface area contributed by atoms with Crippen LogP contribution in [0.3, 0.4) is 0 Å². The highest BCUT2D eigenvalue weighted by Crippen LogP contribution is 2.41. The summed E-state index contributed by atoms with van der Waals surface area (Å²) in [6.07, 6.45) is 10.5. The van der Waals surface area contributed by atoms with Gasteiger partial charge in [0.05, 0.1) is 0 Å². The van der Waals surface area contributed by atoms with Crippen molar-refractivity contribution in [2.75, 3.05) is 0 Å². The highest BCUT2D eigenvalue weighted by atomic mass is 79.9. The van der Waals surface area contributed by atoms with Crippen molar-refractivity contribution in [1.82, 2.24) is 4.98 Å². The lowest BCUT2D eigenvalue weighted by Gasteiger charge is -2.35. The van der Waals surface area contributed by atoms with Crippen molar-refractivity contribution in [1.29, 1.82) is 0 Å². The van der Waals surface area contributed by atoms with Crippen LogP contribution in [0.1, 0.15) is 62.1 Å². The second-order valence-electron chi connectivity index (χ2n) is 7.18. The molecule has 0 amide bonds. The maximum absolute atomic E-state index is 6.76. The van der Waals surface area contributed by atoms with Gasteiger partial charge in [0.1, 0.15) is 0 Å². The fraction of sp³-hybridized carbons (Fsp3) is 0.579. The number of H-pyrrole nitrogens is 1. The third-order valence-corrected chi connectivity index (χ3v) is 6.37. The van der Waals surface area contributed by atoms with Crippen molar-refractivity contribution in [3.05, 3.63) is 33.9 Å². The predicted molar refractivity (Wildman–Crippen MR) is 96.2 cm³/mol. The SMILES string of the molecule is NC(C1CCCCC1)C1CCCc2c1[nH]c1ccc(Br)cc21. The molecule has 0 spiro atoms. The van der Waals surface area contributed by atoms with Gasteiger partial charge in [-0.1, -0.05) is 35.2 Å². The van der Waals surface area contributed by atoms with Crippen LogP contribution in [0, 0.1) is 5.92 Å². The molecule has 2 unspecified atom stereocenters. The zero-order valence-electron chi connectivity index (χ0n) is 13.1. The predicted octanol–water partition coefficient (Wildman–Crippen LogP) is 5.26. The molecule has 0 bridgehead atoms. The Kier molecular flexibility index (Phi) is 4.04. The summed E-state index contributed by atoms with van der Waals surface area (Å²) in [5.74, 6) is 1.25. The fourth-order valence-corrected chi connectivity index (χ4v) is 5.06. The van der Waals surface area contributed by atoms with Gasteiger partial charge in [0, 0.05) is 33.0 Å². The van der Waals surface area contributed by atoms with Crippen molar-refractivity contribution in [2.45, 2.75) is 63.3 Å². The summed E-state index contributed by atoms with van der Waals surface area (Å²) in [6, 6.07) is 6.91. The van der Waals surface area contributed by atoms with Crippen molar-refractivity contribution >= 4 is 26.8 Å². The van der Waals surface area contributed by atoms with Crippen LogP contribution in [0.2, 0.25) is 0 Å². The van der Waals surface area contributed by atoms with Gasteiger partial charge in [-0.05, 0) is 61.8 Å². The summed E-state index contributed by atoms with van der Waals surface area (Å²) >= 11 is 3.61. The number of nitrogens with two attached hydrogens (primary N) is 1. The largest absolute Gasteiger partial charge is 0.358 e. The van der Waals surface area contributed by atoms with Crippen LogP contribution >= 0.6 is 15.9 Å². The maximum Gasteiger partial charge on any atom is 0.0459 e. The van der Waals surface area contributed by atoms with Gasteiger partial charge in [0.25, 0.3) is 0 Å². The van der Waals surface area contributed by atoms with Gasteiger partial charge in [0.15, 0.2) is 0 Å². The van der Waals surface area contributed by atoms with Crippen LogP contribution in [-0.2, 0) is 6.42 Å². The van der Waals surface area contributed by atoms with E-state index >= 15 is 0 Å². The van der Waals surface area contributed by atoms with Crippen molar-refractivity contribution < 1.29 is 0 Å². The molecule has 1 aromatic heterocycles. The van der Waals surface area contributed by atoms with E-state index in [0.717, 1.165) is 5.92 Å². The van der Waals surface area contributed by atoms with Crippen molar-refractivity contribution in [3.63, 3.8) is 0 Å². The molecule has 4 rings (SSSR count). The number of nitrogens with one attached hydrogen (secondary N) is 1. The number of aromatic amines is 1.